The molecule has 2 aromatic carbocycles. The van der Waals surface area contributed by atoms with Gasteiger partial charge in [-0.05, 0) is 35.1 Å². The van der Waals surface area contributed by atoms with E-state index in [-0.39, 0.29) is 12.4 Å². The van der Waals surface area contributed by atoms with Crippen LogP contribution in [0.5, 0.6) is 0 Å². The van der Waals surface area contributed by atoms with Crippen LogP contribution in [0, 0.1) is 0 Å². The number of hydrogen-bond acceptors (Lipinski definition) is 3. The van der Waals surface area contributed by atoms with Crippen molar-refractivity contribution >= 4 is 44.6 Å². The highest BCUT2D eigenvalue weighted by Gasteiger charge is 2.19. The summed E-state index contributed by atoms with van der Waals surface area (Å²) >= 11 is 8.99. The molecule has 1 aromatic heterocycles. The summed E-state index contributed by atoms with van der Waals surface area (Å²) in [5.74, 6) is -0.202. The summed E-state index contributed by atoms with van der Waals surface area (Å²) in [4.78, 5) is 0.342. The predicted octanol–water partition coefficient (Wildman–Crippen LogP) is 3.03. The van der Waals surface area contributed by atoms with Crippen molar-refractivity contribution in [3.05, 3.63) is 100 Å². The molecular formula is C22H19BrN2O2S. The zero-order valence-corrected chi connectivity index (χ0v) is 17.4. The first-order valence-electron chi connectivity index (χ1n) is 8.69. The van der Waals surface area contributed by atoms with Gasteiger partial charge in [0.2, 0.25) is 5.70 Å². The number of benzene rings is 2. The largest absolute Gasteiger partial charge is 0.867 e. The summed E-state index contributed by atoms with van der Waals surface area (Å²) < 4.78 is 2.48. The molecular weight excluding hydrogens is 436 g/mol. The molecule has 28 heavy (non-hydrogen) atoms. The van der Waals surface area contributed by atoms with Crippen molar-refractivity contribution in [3.63, 3.8) is 0 Å². The third kappa shape index (κ3) is 5.04. The summed E-state index contributed by atoms with van der Waals surface area (Å²) in [6, 6.07) is 20.6. The Balaban J connectivity index is 2.00. The Kier molecular flexibility index (Phi) is 6.92. The van der Waals surface area contributed by atoms with E-state index in [2.05, 4.69) is 21.2 Å². The van der Waals surface area contributed by atoms with Crippen LogP contribution in [0.15, 0.2) is 83.6 Å². The summed E-state index contributed by atoms with van der Waals surface area (Å²) in [7, 11) is 0. The number of hydrogen-bond donors (Lipinski definition) is 2. The molecule has 0 fully saturated rings. The fraction of sp³-hybridized carbons (Fsp3) is 0.0909. The van der Waals surface area contributed by atoms with Crippen molar-refractivity contribution in [2.45, 2.75) is 13.2 Å². The average Bonchev–Trinajstić information content (AvgIpc) is 2.73. The van der Waals surface area contributed by atoms with Crippen LogP contribution in [0.1, 0.15) is 16.7 Å². The van der Waals surface area contributed by atoms with Gasteiger partial charge >= 0.3 is 0 Å². The van der Waals surface area contributed by atoms with Crippen molar-refractivity contribution in [2.24, 2.45) is 0 Å². The average molecular weight is 455 g/mol. The van der Waals surface area contributed by atoms with Gasteiger partial charge in [0.15, 0.2) is 17.4 Å². The van der Waals surface area contributed by atoms with Gasteiger partial charge in [0, 0.05) is 22.6 Å². The SMILES string of the molecule is [O-]C(=C(C(=S)NCc1ccccc1)[n+]1cccc(CO)c1)c1cccc(Br)c1. The van der Waals surface area contributed by atoms with Crippen molar-refractivity contribution < 1.29 is 14.8 Å². The zero-order valence-electron chi connectivity index (χ0n) is 15.0. The van der Waals surface area contributed by atoms with Crippen molar-refractivity contribution in [1.82, 2.24) is 5.32 Å². The third-order valence-corrected chi connectivity index (χ3v) is 4.95. The molecule has 6 heteroatoms. The number of thiocarbonyl (C=S) groups is 1. The number of nitrogens with one attached hydrogen (secondary N) is 1. The van der Waals surface area contributed by atoms with Gasteiger partial charge in [-0.25, -0.2) is 0 Å². The van der Waals surface area contributed by atoms with E-state index in [0.29, 0.717) is 28.4 Å². The minimum atomic E-state index is -0.202. The minimum absolute atomic E-state index is 0.122. The van der Waals surface area contributed by atoms with E-state index in [1.807, 2.05) is 42.5 Å². The predicted molar refractivity (Wildman–Crippen MR) is 116 cm³/mol. The second kappa shape index (κ2) is 9.59. The Morgan fingerprint density at radius 3 is 2.50 bits per heavy atom. The molecule has 3 aromatic rings. The molecule has 0 bridgehead atoms. The number of pyridine rings is 1. The van der Waals surface area contributed by atoms with E-state index < -0.39 is 0 Å². The first-order chi connectivity index (χ1) is 13.6. The number of nitrogens with zero attached hydrogens (tertiary/aromatic N) is 1. The Labute approximate surface area is 177 Å². The lowest BCUT2D eigenvalue weighted by Crippen LogP contribution is -2.42. The summed E-state index contributed by atoms with van der Waals surface area (Å²) in [5.41, 5.74) is 2.61. The van der Waals surface area contributed by atoms with Crippen molar-refractivity contribution in [2.75, 3.05) is 0 Å². The van der Waals surface area contributed by atoms with Crippen molar-refractivity contribution in [1.29, 1.82) is 0 Å². The molecule has 0 atom stereocenters. The minimum Gasteiger partial charge on any atom is -0.867 e. The van der Waals surface area contributed by atoms with Crippen LogP contribution in [0.4, 0.5) is 0 Å². The first-order valence-corrected chi connectivity index (χ1v) is 9.89. The van der Waals surface area contributed by atoms with Crippen molar-refractivity contribution in [3.8, 4) is 0 Å². The van der Waals surface area contributed by atoms with Gasteiger partial charge in [-0.2, -0.15) is 4.57 Å². The Morgan fingerprint density at radius 1 is 1.04 bits per heavy atom. The van der Waals surface area contributed by atoms with Crippen LogP contribution in [0.2, 0.25) is 0 Å². The molecule has 0 aliphatic rings. The monoisotopic (exact) mass is 454 g/mol. The smallest absolute Gasteiger partial charge is 0.237 e. The van der Waals surface area contributed by atoms with Gasteiger partial charge < -0.3 is 15.5 Å². The van der Waals surface area contributed by atoms with Gasteiger partial charge in [0.1, 0.15) is 0 Å². The summed E-state index contributed by atoms with van der Waals surface area (Å²) in [6.45, 7) is 0.387. The molecule has 0 aliphatic heterocycles. The maximum Gasteiger partial charge on any atom is 0.237 e. The standard InChI is InChI=1S/C22H19BrN2O2S/c23-19-10-4-9-18(12-19)21(27)20(25-11-5-8-17(14-25)15-26)22(28)24-13-16-6-2-1-3-7-16/h1-12,14,26H,13,15H2,(H-,24,27,28). The fourth-order valence-corrected chi connectivity index (χ4v) is 3.39. The molecule has 0 saturated heterocycles. The highest BCUT2D eigenvalue weighted by atomic mass is 79.9. The lowest BCUT2D eigenvalue weighted by molar-refractivity contribution is -0.578. The molecule has 1 heterocycles. The van der Waals surface area contributed by atoms with E-state index in [1.54, 1.807) is 41.2 Å². The fourth-order valence-electron chi connectivity index (χ4n) is 2.72. The third-order valence-electron chi connectivity index (χ3n) is 4.12. The molecule has 0 aliphatic carbocycles. The van der Waals surface area contributed by atoms with Crippen LogP contribution in [-0.2, 0) is 13.2 Å². The summed E-state index contributed by atoms with van der Waals surface area (Å²) in [5, 5.41) is 25.9. The summed E-state index contributed by atoms with van der Waals surface area (Å²) in [6.07, 6.45) is 3.46. The number of rotatable bonds is 6. The Hall–Kier alpha value is -2.54. The lowest BCUT2D eigenvalue weighted by Gasteiger charge is -2.17. The number of aliphatic hydroxyl groups excluding tert-OH is 1. The van der Waals surface area contributed by atoms with Crippen LogP contribution >= 0.6 is 28.1 Å². The molecule has 3 rings (SSSR count). The molecule has 4 nitrogen and oxygen atoms in total. The first kappa shape index (κ1) is 20.2. The van der Waals surface area contributed by atoms with Crippen LogP contribution in [0.3, 0.4) is 0 Å². The van der Waals surface area contributed by atoms with Gasteiger partial charge in [0.05, 0.1) is 6.61 Å². The van der Waals surface area contributed by atoms with E-state index in [1.165, 1.54) is 0 Å². The maximum absolute atomic E-state index is 13.3. The molecule has 0 unspecified atom stereocenters. The molecule has 2 N–H and O–H groups in total. The normalized spacial score (nSPS) is 11.6. The second-order valence-corrected chi connectivity index (χ2v) is 7.46. The highest BCUT2D eigenvalue weighted by Crippen LogP contribution is 2.19. The number of aliphatic hydroxyl groups is 1. The van der Waals surface area contributed by atoms with E-state index in [0.717, 1.165) is 10.0 Å². The highest BCUT2D eigenvalue weighted by molar-refractivity contribution is 9.10. The molecule has 0 radical (unpaired) electrons. The van der Waals surface area contributed by atoms with E-state index >= 15 is 0 Å². The van der Waals surface area contributed by atoms with Gasteiger partial charge in [0.25, 0.3) is 0 Å². The maximum atomic E-state index is 13.3. The lowest BCUT2D eigenvalue weighted by atomic mass is 10.1. The zero-order chi connectivity index (χ0) is 19.9. The topological polar surface area (TPSA) is 59.2 Å². The molecule has 0 spiro atoms. The Bertz CT molecular complexity index is 1010. The van der Waals surface area contributed by atoms with Gasteiger partial charge in [-0.15, -0.1) is 0 Å². The molecule has 0 saturated carbocycles. The second-order valence-electron chi connectivity index (χ2n) is 6.13. The van der Waals surface area contributed by atoms with Crippen LogP contribution < -0.4 is 15.0 Å². The molecule has 142 valence electrons. The quantitative estimate of drug-likeness (QED) is 0.260. The van der Waals surface area contributed by atoms with Crippen LogP contribution in [-0.4, -0.2) is 10.1 Å². The van der Waals surface area contributed by atoms with Gasteiger partial charge in [-0.3, -0.25) is 0 Å². The van der Waals surface area contributed by atoms with E-state index in [9.17, 15) is 10.2 Å². The van der Waals surface area contributed by atoms with Crippen LogP contribution in [0.25, 0.3) is 11.5 Å². The number of aromatic nitrogens is 1. The van der Waals surface area contributed by atoms with Gasteiger partial charge in [-0.1, -0.05) is 70.6 Å². The number of halogens is 1. The van der Waals surface area contributed by atoms with E-state index in [4.69, 9.17) is 12.2 Å². The molecule has 0 amide bonds. The Morgan fingerprint density at radius 2 is 1.79 bits per heavy atom.